The first kappa shape index (κ1) is 16.8. The number of rotatable bonds is 8. The molecule has 0 amide bonds. The molecule has 3 heteroatoms. The predicted octanol–water partition coefficient (Wildman–Crippen LogP) is 2.40. The topological polar surface area (TPSA) is 6.48 Å². The minimum atomic E-state index is 0.737. The van der Waals surface area contributed by atoms with Crippen molar-refractivity contribution in [1.82, 2.24) is 9.80 Å². The average Bonchev–Trinajstić information content (AvgIpc) is 2.21. The molecule has 0 N–H and O–H groups in total. The van der Waals surface area contributed by atoms with Crippen LogP contribution in [-0.2, 0) is 0 Å². The van der Waals surface area contributed by atoms with Crippen molar-refractivity contribution in [3.63, 3.8) is 0 Å². The van der Waals surface area contributed by atoms with Crippen molar-refractivity contribution in [2.75, 3.05) is 28.2 Å². The third kappa shape index (κ3) is 7.97. The molecule has 2 unspecified atom stereocenters. The van der Waals surface area contributed by atoms with E-state index >= 15 is 0 Å². The standard InChI is InChI=1S/C13H29N2.In/c1-12(14(3)4)10-8-7-9-11-13(2)15(5)6;/h7,12-13H,8-11H2,1-6H3;. The fraction of sp³-hybridized carbons (Fsp3) is 1.00. The van der Waals surface area contributed by atoms with Crippen molar-refractivity contribution in [1.29, 1.82) is 0 Å². The van der Waals surface area contributed by atoms with Gasteiger partial charge in [0.1, 0.15) is 0 Å². The van der Waals surface area contributed by atoms with Gasteiger partial charge in [-0.25, -0.2) is 0 Å². The Labute approximate surface area is 117 Å². The van der Waals surface area contributed by atoms with Crippen LogP contribution in [0.25, 0.3) is 0 Å². The van der Waals surface area contributed by atoms with Crippen molar-refractivity contribution < 1.29 is 0 Å². The second-order valence-electron chi connectivity index (χ2n) is 5.54. The summed E-state index contributed by atoms with van der Waals surface area (Å²) >= 11 is 1.42. The van der Waals surface area contributed by atoms with E-state index in [-0.39, 0.29) is 0 Å². The summed E-state index contributed by atoms with van der Waals surface area (Å²) in [6, 6.07) is 1.47. The van der Waals surface area contributed by atoms with Gasteiger partial charge in [-0.2, -0.15) is 0 Å². The molecular weight excluding hydrogens is 299 g/mol. The van der Waals surface area contributed by atoms with E-state index in [1.807, 2.05) is 0 Å². The quantitative estimate of drug-likeness (QED) is 0.675. The Bertz CT molecular complexity index is 153. The van der Waals surface area contributed by atoms with Gasteiger partial charge in [0.25, 0.3) is 0 Å². The van der Waals surface area contributed by atoms with Gasteiger partial charge in [0.2, 0.25) is 0 Å². The Balaban J connectivity index is 3.63. The molecule has 0 saturated heterocycles. The summed E-state index contributed by atoms with van der Waals surface area (Å²) in [5.74, 6) is 0. The molecule has 0 rings (SSSR count). The van der Waals surface area contributed by atoms with E-state index in [2.05, 4.69) is 51.8 Å². The molecule has 0 spiro atoms. The van der Waals surface area contributed by atoms with E-state index in [0.29, 0.717) is 0 Å². The molecule has 0 saturated carbocycles. The molecule has 0 aromatic heterocycles. The molecule has 0 bridgehead atoms. The molecule has 2 atom stereocenters. The van der Waals surface area contributed by atoms with Crippen molar-refractivity contribution in [3.8, 4) is 0 Å². The molecular formula is C13H29InN2. The van der Waals surface area contributed by atoms with Crippen LogP contribution in [0.2, 0.25) is 3.67 Å². The summed E-state index contributed by atoms with van der Waals surface area (Å²) in [4.78, 5) is 4.66. The fourth-order valence-corrected chi connectivity index (χ4v) is 2.67. The number of nitrogens with zero attached hydrogens (tertiary/aromatic N) is 2. The van der Waals surface area contributed by atoms with Gasteiger partial charge < -0.3 is 0 Å². The molecule has 2 radical (unpaired) electrons. The maximum atomic E-state index is 2.33. The van der Waals surface area contributed by atoms with Gasteiger partial charge in [-0.3, -0.25) is 0 Å². The van der Waals surface area contributed by atoms with E-state index in [0.717, 1.165) is 15.8 Å². The van der Waals surface area contributed by atoms with E-state index < -0.39 is 0 Å². The zero-order valence-electron chi connectivity index (χ0n) is 12.0. The molecule has 0 aromatic rings. The number of hydrogen-bond donors (Lipinski definition) is 0. The summed E-state index contributed by atoms with van der Waals surface area (Å²) in [7, 11) is 8.72. The van der Waals surface area contributed by atoms with Crippen LogP contribution in [0.4, 0.5) is 0 Å². The SMILES string of the molecule is CC(CC[CH]([In])CCC(C)N(C)C)N(C)C. The Morgan fingerprint density at radius 1 is 0.750 bits per heavy atom. The Hall–Kier alpha value is 0.790. The Morgan fingerprint density at radius 3 is 1.31 bits per heavy atom. The van der Waals surface area contributed by atoms with E-state index in [9.17, 15) is 0 Å². The molecule has 2 nitrogen and oxygen atoms in total. The van der Waals surface area contributed by atoms with Gasteiger partial charge in [-0.1, -0.05) is 0 Å². The van der Waals surface area contributed by atoms with Crippen LogP contribution in [0.15, 0.2) is 0 Å². The second kappa shape index (κ2) is 8.82. The van der Waals surface area contributed by atoms with Gasteiger partial charge >= 0.3 is 118 Å². The maximum absolute atomic E-state index is 2.33. The summed E-state index contributed by atoms with van der Waals surface area (Å²) in [5.41, 5.74) is 0. The van der Waals surface area contributed by atoms with Gasteiger partial charge in [0.05, 0.1) is 0 Å². The van der Waals surface area contributed by atoms with Crippen molar-refractivity contribution in [3.05, 3.63) is 0 Å². The molecule has 0 aliphatic rings. The van der Waals surface area contributed by atoms with Crippen LogP contribution in [0.3, 0.4) is 0 Å². The van der Waals surface area contributed by atoms with Crippen molar-refractivity contribution >= 4 is 24.4 Å². The molecule has 16 heavy (non-hydrogen) atoms. The molecule has 94 valence electrons. The monoisotopic (exact) mass is 328 g/mol. The third-order valence-electron chi connectivity index (χ3n) is 3.67. The molecule has 0 aliphatic heterocycles. The normalized spacial score (nSPS) is 17.8. The van der Waals surface area contributed by atoms with Crippen LogP contribution in [0, 0.1) is 0 Å². The molecule has 0 fully saturated rings. The van der Waals surface area contributed by atoms with Gasteiger partial charge in [0, 0.05) is 0 Å². The number of hydrogen-bond acceptors (Lipinski definition) is 2. The van der Waals surface area contributed by atoms with Crippen molar-refractivity contribution in [2.45, 2.75) is 55.3 Å². The van der Waals surface area contributed by atoms with Crippen LogP contribution >= 0.6 is 0 Å². The summed E-state index contributed by atoms with van der Waals surface area (Å²) < 4.78 is 0.996. The van der Waals surface area contributed by atoms with E-state index in [1.54, 1.807) is 0 Å². The average molecular weight is 328 g/mol. The zero-order valence-corrected chi connectivity index (χ0v) is 15.3. The summed E-state index contributed by atoms with van der Waals surface area (Å²) in [6.45, 7) is 4.66. The van der Waals surface area contributed by atoms with E-state index in [4.69, 9.17) is 0 Å². The van der Waals surface area contributed by atoms with Gasteiger partial charge in [-0.15, -0.1) is 0 Å². The first-order chi connectivity index (χ1) is 7.34. The predicted molar refractivity (Wildman–Crippen MR) is 74.3 cm³/mol. The zero-order chi connectivity index (χ0) is 12.7. The summed E-state index contributed by atoms with van der Waals surface area (Å²) in [5, 5.41) is 0. The first-order valence-corrected chi connectivity index (χ1v) is 8.33. The van der Waals surface area contributed by atoms with Crippen LogP contribution in [0.5, 0.6) is 0 Å². The second-order valence-corrected chi connectivity index (χ2v) is 8.23. The van der Waals surface area contributed by atoms with Gasteiger partial charge in [-0.05, 0) is 0 Å². The molecule has 0 heterocycles. The van der Waals surface area contributed by atoms with Crippen LogP contribution in [-0.4, -0.2) is 74.4 Å². The Kier molecular flexibility index (Phi) is 9.25. The van der Waals surface area contributed by atoms with Gasteiger partial charge in [0.15, 0.2) is 0 Å². The van der Waals surface area contributed by atoms with E-state index in [1.165, 1.54) is 50.1 Å². The summed E-state index contributed by atoms with van der Waals surface area (Å²) in [6.07, 6.45) is 5.55. The Morgan fingerprint density at radius 2 is 1.06 bits per heavy atom. The fourth-order valence-electron chi connectivity index (χ4n) is 1.57. The molecule has 0 aromatic carbocycles. The van der Waals surface area contributed by atoms with Crippen molar-refractivity contribution in [2.24, 2.45) is 0 Å². The molecule has 0 aliphatic carbocycles. The van der Waals surface area contributed by atoms with Crippen LogP contribution in [0.1, 0.15) is 39.5 Å². The third-order valence-corrected chi connectivity index (χ3v) is 5.58. The minimum absolute atomic E-state index is 0.737. The first-order valence-electron chi connectivity index (χ1n) is 6.43. The van der Waals surface area contributed by atoms with Crippen LogP contribution < -0.4 is 0 Å².